The van der Waals surface area contributed by atoms with Gasteiger partial charge >= 0.3 is 5.97 Å². The molecule has 0 saturated heterocycles. The molecular formula is C12H14BrNO2. The van der Waals surface area contributed by atoms with Crippen LogP contribution in [0.25, 0.3) is 0 Å². The van der Waals surface area contributed by atoms with E-state index in [1.807, 2.05) is 0 Å². The number of aromatic nitrogens is 1. The van der Waals surface area contributed by atoms with Gasteiger partial charge in [0.15, 0.2) is 0 Å². The molecule has 4 heteroatoms. The maximum absolute atomic E-state index is 11.6. The Morgan fingerprint density at radius 2 is 2.19 bits per heavy atom. The molecule has 2 rings (SSSR count). The number of ether oxygens (including phenoxy) is 1. The van der Waals surface area contributed by atoms with Crippen molar-refractivity contribution in [2.24, 2.45) is 5.92 Å². The number of pyridine rings is 1. The topological polar surface area (TPSA) is 39.2 Å². The molecule has 0 aromatic carbocycles. The van der Waals surface area contributed by atoms with Crippen molar-refractivity contribution in [3.63, 3.8) is 0 Å². The summed E-state index contributed by atoms with van der Waals surface area (Å²) in [5.74, 6) is 0.291. The first-order chi connectivity index (χ1) is 7.75. The lowest BCUT2D eigenvalue weighted by Gasteiger charge is -2.09. The SMILES string of the molecule is O=C(OCC1CCCC1)c1ccc(Br)nc1. The van der Waals surface area contributed by atoms with Crippen LogP contribution in [0.5, 0.6) is 0 Å². The van der Waals surface area contributed by atoms with Crippen molar-refractivity contribution in [1.29, 1.82) is 0 Å². The maximum Gasteiger partial charge on any atom is 0.339 e. The predicted molar refractivity (Wildman–Crippen MR) is 64.2 cm³/mol. The van der Waals surface area contributed by atoms with Crippen LogP contribution in [0.3, 0.4) is 0 Å². The van der Waals surface area contributed by atoms with E-state index in [0.717, 1.165) is 4.60 Å². The standard InChI is InChI=1S/C12H14BrNO2/c13-11-6-5-10(7-14-11)12(15)16-8-9-3-1-2-4-9/h5-7,9H,1-4,8H2. The third-order valence-electron chi connectivity index (χ3n) is 2.89. The normalized spacial score (nSPS) is 16.3. The number of rotatable bonds is 3. The molecular weight excluding hydrogens is 270 g/mol. The minimum atomic E-state index is -0.271. The number of carbonyl (C=O) groups is 1. The van der Waals surface area contributed by atoms with Crippen LogP contribution in [-0.2, 0) is 4.74 Å². The monoisotopic (exact) mass is 283 g/mol. The summed E-state index contributed by atoms with van der Waals surface area (Å²) in [4.78, 5) is 15.6. The summed E-state index contributed by atoms with van der Waals surface area (Å²) < 4.78 is 5.98. The summed E-state index contributed by atoms with van der Waals surface area (Å²) in [6.07, 6.45) is 6.43. The molecule has 0 atom stereocenters. The Kier molecular flexibility index (Phi) is 3.93. The van der Waals surface area contributed by atoms with E-state index < -0.39 is 0 Å². The van der Waals surface area contributed by atoms with Gasteiger partial charge in [-0.1, -0.05) is 12.8 Å². The van der Waals surface area contributed by atoms with E-state index in [-0.39, 0.29) is 5.97 Å². The lowest BCUT2D eigenvalue weighted by atomic mass is 10.1. The van der Waals surface area contributed by atoms with E-state index in [1.54, 1.807) is 12.1 Å². The zero-order valence-electron chi connectivity index (χ0n) is 8.99. The van der Waals surface area contributed by atoms with Crippen molar-refractivity contribution in [3.05, 3.63) is 28.5 Å². The second-order valence-electron chi connectivity index (χ2n) is 4.12. The van der Waals surface area contributed by atoms with E-state index in [9.17, 15) is 4.79 Å². The lowest BCUT2D eigenvalue weighted by molar-refractivity contribution is 0.0442. The summed E-state index contributed by atoms with van der Waals surface area (Å²) in [6, 6.07) is 3.46. The van der Waals surface area contributed by atoms with Crippen molar-refractivity contribution >= 4 is 21.9 Å². The van der Waals surface area contributed by atoms with Gasteiger partial charge in [-0.25, -0.2) is 9.78 Å². The molecule has 0 radical (unpaired) electrons. The summed E-state index contributed by atoms with van der Waals surface area (Å²) in [7, 11) is 0. The van der Waals surface area contributed by atoms with Gasteiger partial charge in [0.2, 0.25) is 0 Å². The zero-order chi connectivity index (χ0) is 11.4. The number of hydrogen-bond donors (Lipinski definition) is 0. The molecule has 0 unspecified atom stereocenters. The van der Waals surface area contributed by atoms with Crippen LogP contribution in [0, 0.1) is 5.92 Å². The molecule has 0 aliphatic heterocycles. The van der Waals surface area contributed by atoms with E-state index in [4.69, 9.17) is 4.74 Å². The van der Waals surface area contributed by atoms with Crippen LogP contribution >= 0.6 is 15.9 Å². The highest BCUT2D eigenvalue weighted by molar-refractivity contribution is 9.10. The molecule has 0 spiro atoms. The molecule has 3 nitrogen and oxygen atoms in total. The van der Waals surface area contributed by atoms with Gasteiger partial charge < -0.3 is 4.74 Å². The lowest BCUT2D eigenvalue weighted by Crippen LogP contribution is -2.12. The molecule has 1 aromatic rings. The van der Waals surface area contributed by atoms with E-state index in [2.05, 4.69) is 20.9 Å². The van der Waals surface area contributed by atoms with Crippen molar-refractivity contribution in [3.8, 4) is 0 Å². The molecule has 0 amide bonds. The van der Waals surface area contributed by atoms with Crippen molar-refractivity contribution in [2.75, 3.05) is 6.61 Å². The number of halogens is 1. The summed E-state index contributed by atoms with van der Waals surface area (Å²) >= 11 is 3.22. The molecule has 1 aromatic heterocycles. The van der Waals surface area contributed by atoms with Gasteiger partial charge in [0.25, 0.3) is 0 Å². The number of carbonyl (C=O) groups excluding carboxylic acids is 1. The van der Waals surface area contributed by atoms with Crippen molar-refractivity contribution < 1.29 is 9.53 Å². The largest absolute Gasteiger partial charge is 0.462 e. The molecule has 0 N–H and O–H groups in total. The average Bonchev–Trinajstić information content (AvgIpc) is 2.80. The average molecular weight is 284 g/mol. The first kappa shape index (κ1) is 11.6. The third kappa shape index (κ3) is 3.04. The van der Waals surface area contributed by atoms with E-state index in [1.165, 1.54) is 31.9 Å². The van der Waals surface area contributed by atoms with E-state index >= 15 is 0 Å². The molecule has 16 heavy (non-hydrogen) atoms. The number of hydrogen-bond acceptors (Lipinski definition) is 3. The Hall–Kier alpha value is -0.900. The van der Waals surface area contributed by atoms with Crippen molar-refractivity contribution in [2.45, 2.75) is 25.7 Å². The molecule has 1 aliphatic rings. The first-order valence-corrected chi connectivity index (χ1v) is 6.33. The van der Waals surface area contributed by atoms with E-state index in [0.29, 0.717) is 18.1 Å². The van der Waals surface area contributed by atoms with Gasteiger partial charge in [-0.2, -0.15) is 0 Å². The van der Waals surface area contributed by atoms with Gasteiger partial charge in [-0.15, -0.1) is 0 Å². The molecule has 86 valence electrons. The van der Waals surface area contributed by atoms with Gasteiger partial charge in [-0.05, 0) is 46.8 Å². The fraction of sp³-hybridized carbons (Fsp3) is 0.500. The van der Waals surface area contributed by atoms with Crippen LogP contribution < -0.4 is 0 Å². The first-order valence-electron chi connectivity index (χ1n) is 5.54. The van der Waals surface area contributed by atoms with Gasteiger partial charge in [0, 0.05) is 6.20 Å². The minimum Gasteiger partial charge on any atom is -0.462 e. The molecule has 1 saturated carbocycles. The highest BCUT2D eigenvalue weighted by Gasteiger charge is 2.17. The zero-order valence-corrected chi connectivity index (χ0v) is 10.6. The highest BCUT2D eigenvalue weighted by atomic mass is 79.9. The van der Waals surface area contributed by atoms with Crippen molar-refractivity contribution in [1.82, 2.24) is 4.98 Å². The smallest absolute Gasteiger partial charge is 0.339 e. The second kappa shape index (κ2) is 5.43. The van der Waals surface area contributed by atoms with Crippen LogP contribution in [0.4, 0.5) is 0 Å². The second-order valence-corrected chi connectivity index (χ2v) is 4.93. The highest BCUT2D eigenvalue weighted by Crippen LogP contribution is 2.24. The van der Waals surface area contributed by atoms with Crippen LogP contribution in [-0.4, -0.2) is 17.6 Å². The molecule has 1 heterocycles. The van der Waals surface area contributed by atoms with Gasteiger partial charge in [0.05, 0.1) is 12.2 Å². The summed E-state index contributed by atoms with van der Waals surface area (Å²) in [5, 5.41) is 0. The summed E-state index contributed by atoms with van der Waals surface area (Å²) in [6.45, 7) is 0.550. The fourth-order valence-corrected chi connectivity index (χ4v) is 2.19. The Morgan fingerprint density at radius 3 is 2.81 bits per heavy atom. The molecule has 0 bridgehead atoms. The Morgan fingerprint density at radius 1 is 1.44 bits per heavy atom. The summed E-state index contributed by atoms with van der Waals surface area (Å²) in [5.41, 5.74) is 0.515. The minimum absolute atomic E-state index is 0.271. The van der Waals surface area contributed by atoms with Gasteiger partial charge in [0.1, 0.15) is 4.60 Å². The molecule has 1 aliphatic carbocycles. The van der Waals surface area contributed by atoms with Crippen LogP contribution in [0.1, 0.15) is 36.0 Å². The van der Waals surface area contributed by atoms with Gasteiger partial charge in [-0.3, -0.25) is 0 Å². The Bertz CT molecular complexity index is 358. The molecule has 1 fully saturated rings. The Labute approximate surface area is 103 Å². The quantitative estimate of drug-likeness (QED) is 0.632. The number of esters is 1. The fourth-order valence-electron chi connectivity index (χ4n) is 1.95. The van der Waals surface area contributed by atoms with Crippen LogP contribution in [0.2, 0.25) is 0 Å². The maximum atomic E-state index is 11.6. The third-order valence-corrected chi connectivity index (χ3v) is 3.36. The Balaban J connectivity index is 1.85. The van der Waals surface area contributed by atoms with Crippen LogP contribution in [0.15, 0.2) is 22.9 Å². The predicted octanol–water partition coefficient (Wildman–Crippen LogP) is 3.19. The number of nitrogens with zero attached hydrogens (tertiary/aromatic N) is 1.